The molecule has 0 aliphatic heterocycles. The van der Waals surface area contributed by atoms with Gasteiger partial charge in [0.05, 0.1) is 0 Å². The third kappa shape index (κ3) is 0.970. The van der Waals surface area contributed by atoms with Crippen molar-refractivity contribution in [2.24, 2.45) is 5.41 Å². The fourth-order valence-corrected chi connectivity index (χ4v) is 1.38. The van der Waals surface area contributed by atoms with E-state index in [9.17, 15) is 0 Å². The van der Waals surface area contributed by atoms with Gasteiger partial charge in [-0.1, -0.05) is 35.9 Å². The van der Waals surface area contributed by atoms with Gasteiger partial charge in [-0.25, -0.2) is 0 Å². The summed E-state index contributed by atoms with van der Waals surface area (Å²) in [6, 6.07) is 0. The average molecular weight is 175 g/mol. The van der Waals surface area contributed by atoms with Crippen molar-refractivity contribution in [2.45, 2.75) is 26.7 Å². The maximum atomic E-state index is 3.52. The van der Waals surface area contributed by atoms with Crippen LogP contribution in [0, 0.1) is 5.41 Å². The van der Waals surface area contributed by atoms with Crippen molar-refractivity contribution in [1.82, 2.24) is 0 Å². The SMILES string of the molecule is CC1(C)CCC=C1Br. The monoisotopic (exact) mass is 174 g/mol. The molecule has 0 nitrogen and oxygen atoms in total. The zero-order valence-electron chi connectivity index (χ0n) is 5.37. The van der Waals surface area contributed by atoms with E-state index in [0.717, 1.165) is 0 Å². The molecule has 0 fully saturated rings. The van der Waals surface area contributed by atoms with E-state index in [1.54, 1.807) is 0 Å². The molecule has 0 N–H and O–H groups in total. The topological polar surface area (TPSA) is 0 Å². The first-order chi connectivity index (χ1) is 3.63. The van der Waals surface area contributed by atoms with Crippen LogP contribution in [-0.4, -0.2) is 0 Å². The Kier molecular flexibility index (Phi) is 1.48. The van der Waals surface area contributed by atoms with Crippen molar-refractivity contribution in [2.75, 3.05) is 0 Å². The lowest BCUT2D eigenvalue weighted by atomic mass is 9.94. The molecule has 0 unspecified atom stereocenters. The zero-order valence-corrected chi connectivity index (χ0v) is 6.96. The Bertz CT molecular complexity index is 122. The molecule has 0 spiro atoms. The first kappa shape index (κ1) is 6.34. The van der Waals surface area contributed by atoms with Gasteiger partial charge in [0.25, 0.3) is 0 Å². The number of halogens is 1. The van der Waals surface area contributed by atoms with Crippen LogP contribution in [-0.2, 0) is 0 Å². The van der Waals surface area contributed by atoms with E-state index in [1.807, 2.05) is 0 Å². The van der Waals surface area contributed by atoms with Crippen LogP contribution in [0.4, 0.5) is 0 Å². The van der Waals surface area contributed by atoms with Crippen molar-refractivity contribution in [3.05, 3.63) is 10.6 Å². The van der Waals surface area contributed by atoms with Crippen LogP contribution in [0.25, 0.3) is 0 Å². The predicted octanol–water partition coefficient (Wildman–Crippen LogP) is 3.09. The lowest BCUT2D eigenvalue weighted by molar-refractivity contribution is 0.465. The highest BCUT2D eigenvalue weighted by Gasteiger charge is 2.24. The van der Waals surface area contributed by atoms with Gasteiger partial charge < -0.3 is 0 Å². The third-order valence-corrected chi connectivity index (χ3v) is 3.14. The molecule has 0 aromatic rings. The highest BCUT2D eigenvalue weighted by Crippen LogP contribution is 2.41. The van der Waals surface area contributed by atoms with E-state index in [4.69, 9.17) is 0 Å². The van der Waals surface area contributed by atoms with Crippen LogP contribution in [0.3, 0.4) is 0 Å². The molecule has 0 bridgehead atoms. The number of hydrogen-bond acceptors (Lipinski definition) is 0. The van der Waals surface area contributed by atoms with Gasteiger partial charge >= 0.3 is 0 Å². The van der Waals surface area contributed by atoms with Crippen molar-refractivity contribution >= 4 is 15.9 Å². The predicted molar refractivity (Wildman–Crippen MR) is 40.0 cm³/mol. The first-order valence-corrected chi connectivity index (χ1v) is 3.78. The van der Waals surface area contributed by atoms with Crippen LogP contribution < -0.4 is 0 Å². The summed E-state index contributed by atoms with van der Waals surface area (Å²) in [5, 5.41) is 0. The standard InChI is InChI=1S/C7H11Br/c1-7(2)5-3-4-6(7)8/h4H,3,5H2,1-2H3. The molecule has 1 aliphatic rings. The van der Waals surface area contributed by atoms with Crippen molar-refractivity contribution in [3.8, 4) is 0 Å². The van der Waals surface area contributed by atoms with Gasteiger partial charge in [-0.3, -0.25) is 0 Å². The molecule has 0 heterocycles. The largest absolute Gasteiger partial charge is 0.0738 e. The van der Waals surface area contributed by atoms with E-state index in [2.05, 4.69) is 35.9 Å². The van der Waals surface area contributed by atoms with Crippen LogP contribution in [0.5, 0.6) is 0 Å². The quantitative estimate of drug-likeness (QED) is 0.530. The second-order valence-corrected chi connectivity index (χ2v) is 3.83. The summed E-state index contributed by atoms with van der Waals surface area (Å²) >= 11 is 3.52. The molecule has 0 radical (unpaired) electrons. The van der Waals surface area contributed by atoms with Gasteiger partial charge in [0.1, 0.15) is 0 Å². The van der Waals surface area contributed by atoms with Gasteiger partial charge in [-0.15, -0.1) is 0 Å². The minimum Gasteiger partial charge on any atom is -0.0738 e. The summed E-state index contributed by atoms with van der Waals surface area (Å²) in [4.78, 5) is 0. The van der Waals surface area contributed by atoms with Crippen LogP contribution in [0.2, 0.25) is 0 Å². The van der Waals surface area contributed by atoms with E-state index in [-0.39, 0.29) is 0 Å². The first-order valence-electron chi connectivity index (χ1n) is 2.99. The van der Waals surface area contributed by atoms with Crippen LogP contribution in [0.15, 0.2) is 10.6 Å². The van der Waals surface area contributed by atoms with Gasteiger partial charge in [-0.05, 0) is 22.7 Å². The molecule has 8 heavy (non-hydrogen) atoms. The molecule has 0 aromatic heterocycles. The van der Waals surface area contributed by atoms with Gasteiger partial charge in [0.15, 0.2) is 0 Å². The normalized spacial score (nSPS) is 25.6. The second kappa shape index (κ2) is 1.87. The van der Waals surface area contributed by atoms with Crippen molar-refractivity contribution in [3.63, 3.8) is 0 Å². The van der Waals surface area contributed by atoms with Crippen LogP contribution >= 0.6 is 15.9 Å². The summed E-state index contributed by atoms with van der Waals surface area (Å²) in [6.07, 6.45) is 4.81. The van der Waals surface area contributed by atoms with E-state index < -0.39 is 0 Å². The summed E-state index contributed by atoms with van der Waals surface area (Å²) in [5.41, 5.74) is 0.431. The Hall–Kier alpha value is 0.220. The zero-order chi connectivity index (χ0) is 6.20. The summed E-state index contributed by atoms with van der Waals surface area (Å²) in [5.74, 6) is 0. The highest BCUT2D eigenvalue weighted by molar-refractivity contribution is 9.11. The summed E-state index contributed by atoms with van der Waals surface area (Å²) in [7, 11) is 0. The molecule has 0 atom stereocenters. The van der Waals surface area contributed by atoms with Gasteiger partial charge in [0.2, 0.25) is 0 Å². The maximum Gasteiger partial charge on any atom is -0.00327 e. The Morgan fingerprint density at radius 2 is 2.25 bits per heavy atom. The smallest absolute Gasteiger partial charge is 0.00327 e. The summed E-state index contributed by atoms with van der Waals surface area (Å²) < 4.78 is 1.38. The molecule has 0 aromatic carbocycles. The van der Waals surface area contributed by atoms with Gasteiger partial charge in [-0.2, -0.15) is 0 Å². The van der Waals surface area contributed by atoms with Gasteiger partial charge in [0, 0.05) is 0 Å². The molecule has 1 heteroatoms. The molecule has 0 saturated heterocycles. The lowest BCUT2D eigenvalue weighted by Gasteiger charge is -2.16. The molecule has 0 amide bonds. The Morgan fingerprint density at radius 1 is 1.62 bits per heavy atom. The molecule has 46 valence electrons. The minimum absolute atomic E-state index is 0.431. The average Bonchev–Trinajstić information content (AvgIpc) is 1.86. The number of allylic oxidation sites excluding steroid dienone is 2. The number of hydrogen-bond donors (Lipinski definition) is 0. The van der Waals surface area contributed by atoms with E-state index >= 15 is 0 Å². The highest BCUT2D eigenvalue weighted by atomic mass is 79.9. The van der Waals surface area contributed by atoms with Crippen molar-refractivity contribution < 1.29 is 0 Å². The third-order valence-electron chi connectivity index (χ3n) is 1.74. The van der Waals surface area contributed by atoms with E-state index in [1.165, 1.54) is 17.3 Å². The molecule has 1 rings (SSSR count). The minimum atomic E-state index is 0.431. The van der Waals surface area contributed by atoms with Crippen molar-refractivity contribution in [1.29, 1.82) is 0 Å². The summed E-state index contributed by atoms with van der Waals surface area (Å²) in [6.45, 7) is 4.53. The molecular weight excluding hydrogens is 164 g/mol. The lowest BCUT2D eigenvalue weighted by Crippen LogP contribution is -2.04. The number of rotatable bonds is 0. The molecule has 1 aliphatic carbocycles. The molecular formula is C7H11Br. The fraction of sp³-hybridized carbons (Fsp3) is 0.714. The Labute approximate surface area is 59.1 Å². The fourth-order valence-electron chi connectivity index (χ4n) is 0.955. The Morgan fingerprint density at radius 3 is 2.38 bits per heavy atom. The second-order valence-electron chi connectivity index (χ2n) is 2.97. The maximum absolute atomic E-state index is 3.52. The Balaban J connectivity index is 2.73. The van der Waals surface area contributed by atoms with Crippen LogP contribution in [0.1, 0.15) is 26.7 Å². The van der Waals surface area contributed by atoms with E-state index in [0.29, 0.717) is 5.41 Å². The molecule has 0 saturated carbocycles.